The lowest BCUT2D eigenvalue weighted by molar-refractivity contribution is 0.0802. The van der Waals surface area contributed by atoms with Crippen molar-refractivity contribution in [3.63, 3.8) is 0 Å². The van der Waals surface area contributed by atoms with Crippen LogP contribution in [0.25, 0.3) is 16.5 Å². The molecule has 1 aromatic heterocycles. The van der Waals surface area contributed by atoms with Crippen molar-refractivity contribution in [2.24, 2.45) is 0 Å². The normalized spacial score (nSPS) is 16.0. The van der Waals surface area contributed by atoms with Crippen molar-refractivity contribution >= 4 is 22.4 Å². The fraction of sp³-hybridized carbons (Fsp3) is 0.217. The standard InChI is InChI=1S/C23H20N2O/c26-23(25-14-13-17(15-25)16-7-2-1-3-8-16)22-18-9-4-5-11-20(18)24-21-12-6-10-19(21)22/h1-5,7-9,11,13H,6,10,12,14-15H2. The van der Waals surface area contributed by atoms with Gasteiger partial charge in [-0.1, -0.05) is 54.6 Å². The van der Waals surface area contributed by atoms with E-state index in [1.807, 2.05) is 47.4 Å². The zero-order valence-corrected chi connectivity index (χ0v) is 14.6. The summed E-state index contributed by atoms with van der Waals surface area (Å²) in [7, 11) is 0. The van der Waals surface area contributed by atoms with Gasteiger partial charge in [-0.25, -0.2) is 0 Å². The maximum absolute atomic E-state index is 13.5. The summed E-state index contributed by atoms with van der Waals surface area (Å²) in [6.07, 6.45) is 5.21. The summed E-state index contributed by atoms with van der Waals surface area (Å²) in [5.74, 6) is 0.143. The fourth-order valence-corrected chi connectivity index (χ4v) is 4.18. The van der Waals surface area contributed by atoms with Crippen LogP contribution in [0.5, 0.6) is 0 Å². The van der Waals surface area contributed by atoms with Gasteiger partial charge in [0, 0.05) is 24.2 Å². The Morgan fingerprint density at radius 3 is 2.65 bits per heavy atom. The molecule has 0 saturated heterocycles. The third-order valence-electron chi connectivity index (χ3n) is 5.48. The molecule has 26 heavy (non-hydrogen) atoms. The van der Waals surface area contributed by atoms with Gasteiger partial charge in [-0.3, -0.25) is 9.78 Å². The van der Waals surface area contributed by atoms with Crippen molar-refractivity contribution in [1.82, 2.24) is 9.88 Å². The number of hydrogen-bond donors (Lipinski definition) is 0. The zero-order chi connectivity index (χ0) is 17.5. The van der Waals surface area contributed by atoms with Gasteiger partial charge in [0.1, 0.15) is 0 Å². The van der Waals surface area contributed by atoms with Gasteiger partial charge in [0.15, 0.2) is 0 Å². The Morgan fingerprint density at radius 1 is 0.962 bits per heavy atom. The summed E-state index contributed by atoms with van der Waals surface area (Å²) in [6, 6.07) is 18.4. The maximum atomic E-state index is 13.5. The van der Waals surface area contributed by atoms with E-state index >= 15 is 0 Å². The highest BCUT2D eigenvalue weighted by Crippen LogP contribution is 2.32. The lowest BCUT2D eigenvalue weighted by Gasteiger charge is -2.20. The van der Waals surface area contributed by atoms with Crippen LogP contribution in [0, 0.1) is 0 Å². The van der Waals surface area contributed by atoms with Crippen LogP contribution >= 0.6 is 0 Å². The number of pyridine rings is 1. The Kier molecular flexibility index (Phi) is 3.59. The second kappa shape index (κ2) is 6.10. The highest BCUT2D eigenvalue weighted by molar-refractivity contribution is 6.08. The molecule has 2 aliphatic rings. The van der Waals surface area contributed by atoms with E-state index < -0.39 is 0 Å². The second-order valence-corrected chi connectivity index (χ2v) is 7.06. The quantitative estimate of drug-likeness (QED) is 0.698. The van der Waals surface area contributed by atoms with Crippen molar-refractivity contribution in [3.05, 3.63) is 83.1 Å². The predicted molar refractivity (Wildman–Crippen MR) is 104 cm³/mol. The van der Waals surface area contributed by atoms with Gasteiger partial charge in [0.2, 0.25) is 0 Å². The molecule has 0 bridgehead atoms. The van der Waals surface area contributed by atoms with Crippen molar-refractivity contribution in [2.75, 3.05) is 13.1 Å². The summed E-state index contributed by atoms with van der Waals surface area (Å²) >= 11 is 0. The third kappa shape index (κ3) is 2.43. The average Bonchev–Trinajstić information content (AvgIpc) is 3.35. The van der Waals surface area contributed by atoms with Crippen LogP contribution in [0.3, 0.4) is 0 Å². The van der Waals surface area contributed by atoms with Crippen molar-refractivity contribution < 1.29 is 4.79 Å². The first-order valence-electron chi connectivity index (χ1n) is 9.25. The number of hydrogen-bond acceptors (Lipinski definition) is 2. The molecule has 0 radical (unpaired) electrons. The number of nitrogens with zero attached hydrogens (tertiary/aromatic N) is 2. The molecule has 0 fully saturated rings. The molecule has 1 amide bonds. The van der Waals surface area contributed by atoms with Gasteiger partial charge in [-0.2, -0.15) is 0 Å². The SMILES string of the molecule is O=C(c1c2c(nc3ccccc13)CCC2)N1CC=C(c2ccccc2)C1. The Bertz CT molecular complexity index is 1040. The number of carbonyl (C=O) groups excluding carboxylic acids is 1. The molecule has 128 valence electrons. The second-order valence-electron chi connectivity index (χ2n) is 7.06. The number of fused-ring (bicyclic) bond motifs is 2. The highest BCUT2D eigenvalue weighted by Gasteiger charge is 2.28. The average molecular weight is 340 g/mol. The Labute approximate surface area is 153 Å². The van der Waals surface area contributed by atoms with Gasteiger partial charge in [0.05, 0.1) is 11.1 Å². The zero-order valence-electron chi connectivity index (χ0n) is 14.6. The molecule has 5 rings (SSSR count). The van der Waals surface area contributed by atoms with E-state index in [0.29, 0.717) is 13.1 Å². The molecule has 2 aromatic carbocycles. The largest absolute Gasteiger partial charge is 0.331 e. The van der Waals surface area contributed by atoms with E-state index in [-0.39, 0.29) is 5.91 Å². The number of benzene rings is 2. The van der Waals surface area contributed by atoms with Crippen LogP contribution in [0.15, 0.2) is 60.7 Å². The first kappa shape index (κ1) is 15.3. The first-order valence-corrected chi connectivity index (χ1v) is 9.25. The summed E-state index contributed by atoms with van der Waals surface area (Å²) in [6.45, 7) is 1.35. The van der Waals surface area contributed by atoms with E-state index in [0.717, 1.165) is 41.4 Å². The summed E-state index contributed by atoms with van der Waals surface area (Å²) in [5.41, 5.74) is 6.53. The molecule has 0 saturated carbocycles. The maximum Gasteiger partial charge on any atom is 0.255 e. The molecular formula is C23H20N2O. The van der Waals surface area contributed by atoms with Crippen molar-refractivity contribution in [3.8, 4) is 0 Å². The van der Waals surface area contributed by atoms with Gasteiger partial charge in [0.25, 0.3) is 5.91 Å². The molecule has 0 spiro atoms. The Balaban J connectivity index is 1.53. The molecule has 3 aromatic rings. The minimum Gasteiger partial charge on any atom is -0.331 e. The Morgan fingerprint density at radius 2 is 1.77 bits per heavy atom. The monoisotopic (exact) mass is 340 g/mol. The van der Waals surface area contributed by atoms with E-state index in [9.17, 15) is 4.79 Å². The van der Waals surface area contributed by atoms with Gasteiger partial charge in [-0.15, -0.1) is 0 Å². The van der Waals surface area contributed by atoms with Crippen LogP contribution in [0.2, 0.25) is 0 Å². The fourth-order valence-electron chi connectivity index (χ4n) is 4.18. The van der Waals surface area contributed by atoms with E-state index in [1.54, 1.807) is 0 Å². The number of aryl methyl sites for hydroxylation is 1. The molecule has 2 heterocycles. The van der Waals surface area contributed by atoms with Crippen LogP contribution in [0.4, 0.5) is 0 Å². The van der Waals surface area contributed by atoms with Crippen molar-refractivity contribution in [1.29, 1.82) is 0 Å². The summed E-state index contributed by atoms with van der Waals surface area (Å²) in [4.78, 5) is 20.2. The summed E-state index contributed by atoms with van der Waals surface area (Å²) < 4.78 is 0. The van der Waals surface area contributed by atoms with Gasteiger partial charge in [-0.05, 0) is 42.0 Å². The number of para-hydroxylation sites is 1. The number of rotatable bonds is 2. The first-order chi connectivity index (χ1) is 12.8. The summed E-state index contributed by atoms with van der Waals surface area (Å²) in [5, 5.41) is 0.992. The van der Waals surface area contributed by atoms with Gasteiger partial charge >= 0.3 is 0 Å². The van der Waals surface area contributed by atoms with E-state index in [4.69, 9.17) is 4.98 Å². The lowest BCUT2D eigenvalue weighted by atomic mass is 10.00. The Hall–Kier alpha value is -2.94. The van der Waals surface area contributed by atoms with Crippen LogP contribution in [-0.4, -0.2) is 28.9 Å². The minimum absolute atomic E-state index is 0.143. The lowest BCUT2D eigenvalue weighted by Crippen LogP contribution is -2.30. The molecule has 3 nitrogen and oxygen atoms in total. The molecule has 0 atom stereocenters. The number of aromatic nitrogens is 1. The molecule has 0 N–H and O–H groups in total. The topological polar surface area (TPSA) is 33.2 Å². The smallest absolute Gasteiger partial charge is 0.255 e. The number of carbonyl (C=O) groups is 1. The highest BCUT2D eigenvalue weighted by atomic mass is 16.2. The van der Waals surface area contributed by atoms with Crippen LogP contribution < -0.4 is 0 Å². The molecule has 3 heteroatoms. The molecule has 0 unspecified atom stereocenters. The van der Waals surface area contributed by atoms with E-state index in [2.05, 4.69) is 18.2 Å². The molecule has 1 aliphatic carbocycles. The third-order valence-corrected chi connectivity index (χ3v) is 5.48. The van der Waals surface area contributed by atoms with Gasteiger partial charge < -0.3 is 4.90 Å². The van der Waals surface area contributed by atoms with Crippen LogP contribution in [0.1, 0.15) is 33.6 Å². The van der Waals surface area contributed by atoms with Crippen molar-refractivity contribution in [2.45, 2.75) is 19.3 Å². The molecular weight excluding hydrogens is 320 g/mol. The predicted octanol–water partition coefficient (Wildman–Crippen LogP) is 4.26. The minimum atomic E-state index is 0.143. The van der Waals surface area contributed by atoms with Crippen LogP contribution in [-0.2, 0) is 12.8 Å². The number of amides is 1. The van der Waals surface area contributed by atoms with E-state index in [1.165, 1.54) is 16.7 Å². The molecule has 1 aliphatic heterocycles.